The van der Waals surface area contributed by atoms with E-state index in [0.29, 0.717) is 47.0 Å². The van der Waals surface area contributed by atoms with Crippen LogP contribution in [0.2, 0.25) is 0 Å². The molecule has 0 aliphatic heterocycles. The Morgan fingerprint density at radius 3 is 2.46 bits per heavy atom. The molecule has 3 N–H and O–H groups in total. The van der Waals surface area contributed by atoms with E-state index in [0.717, 1.165) is 42.7 Å². The summed E-state index contributed by atoms with van der Waals surface area (Å²) in [5, 5.41) is 6.26. The third kappa shape index (κ3) is 5.55. The van der Waals surface area contributed by atoms with E-state index in [2.05, 4.69) is 25.6 Å². The van der Waals surface area contributed by atoms with E-state index in [-0.39, 0.29) is 23.9 Å². The molecule has 5 rings (SSSR count). The van der Waals surface area contributed by atoms with Crippen molar-refractivity contribution in [2.24, 2.45) is 5.92 Å². The minimum Gasteiger partial charge on any atom is -0.497 e. The van der Waals surface area contributed by atoms with Crippen molar-refractivity contribution in [3.63, 3.8) is 0 Å². The molecule has 9 heteroatoms. The standard InChI is InChI=1S/C28H35N5O4/c1-4-23(34)32-18-7-9-19(10-8-18)33-28(35)24-16(2)31-27-25(29-15-30-26(24)27)21-13-20(36-3)11-12-22(21)37-14-17-5-6-17/h11-13,15,17-19,31H,4-10,14H2,1-3H3,(H,32,34)(H,33,35)/t18-,19-. The zero-order valence-corrected chi connectivity index (χ0v) is 21.7. The Morgan fingerprint density at radius 1 is 1.05 bits per heavy atom. The van der Waals surface area contributed by atoms with Crippen LogP contribution in [0.15, 0.2) is 24.5 Å². The molecule has 2 saturated carbocycles. The Balaban J connectivity index is 1.38. The fraction of sp³-hybridized carbons (Fsp3) is 0.500. The van der Waals surface area contributed by atoms with Crippen molar-refractivity contribution < 1.29 is 19.1 Å². The van der Waals surface area contributed by atoms with Gasteiger partial charge < -0.3 is 25.1 Å². The Bertz CT molecular complexity index is 1290. The number of nitrogens with zero attached hydrogens (tertiary/aromatic N) is 2. The molecule has 3 aromatic rings. The maximum Gasteiger partial charge on any atom is 0.255 e. The largest absolute Gasteiger partial charge is 0.497 e. The molecule has 0 unspecified atom stereocenters. The molecule has 1 aromatic carbocycles. The maximum absolute atomic E-state index is 13.4. The predicted octanol–water partition coefficient (Wildman–Crippen LogP) is 4.30. The average molecular weight is 506 g/mol. The highest BCUT2D eigenvalue weighted by atomic mass is 16.5. The van der Waals surface area contributed by atoms with Crippen molar-refractivity contribution in [3.8, 4) is 22.8 Å². The van der Waals surface area contributed by atoms with Crippen molar-refractivity contribution in [2.45, 2.75) is 70.9 Å². The van der Waals surface area contributed by atoms with Gasteiger partial charge >= 0.3 is 0 Å². The SMILES string of the molecule is CCC(=O)N[C@H]1CC[C@H](NC(=O)c2c(C)[nH]c3c(-c4cc(OC)ccc4OCC4CC4)ncnc23)CC1. The first-order chi connectivity index (χ1) is 18.0. The summed E-state index contributed by atoms with van der Waals surface area (Å²) in [6, 6.07) is 5.95. The molecule has 37 heavy (non-hydrogen) atoms. The van der Waals surface area contributed by atoms with E-state index in [4.69, 9.17) is 9.47 Å². The molecule has 2 heterocycles. The summed E-state index contributed by atoms with van der Waals surface area (Å²) in [6.07, 6.45) is 7.75. The monoisotopic (exact) mass is 505 g/mol. The van der Waals surface area contributed by atoms with Gasteiger partial charge in [0.25, 0.3) is 5.91 Å². The number of aryl methyl sites for hydroxylation is 1. The lowest BCUT2D eigenvalue weighted by molar-refractivity contribution is -0.121. The number of hydrogen-bond donors (Lipinski definition) is 3. The Morgan fingerprint density at radius 2 is 1.78 bits per heavy atom. The van der Waals surface area contributed by atoms with Crippen LogP contribution in [0.25, 0.3) is 22.3 Å². The van der Waals surface area contributed by atoms with E-state index in [9.17, 15) is 9.59 Å². The van der Waals surface area contributed by atoms with Gasteiger partial charge in [0, 0.05) is 29.8 Å². The van der Waals surface area contributed by atoms with Gasteiger partial charge in [-0.15, -0.1) is 0 Å². The molecule has 2 aromatic heterocycles. The van der Waals surface area contributed by atoms with Crippen molar-refractivity contribution in [3.05, 3.63) is 35.8 Å². The molecule has 0 spiro atoms. The number of ether oxygens (including phenoxy) is 2. The van der Waals surface area contributed by atoms with Crippen LogP contribution in [-0.2, 0) is 4.79 Å². The molecule has 196 valence electrons. The summed E-state index contributed by atoms with van der Waals surface area (Å²) in [7, 11) is 1.63. The van der Waals surface area contributed by atoms with Gasteiger partial charge in [0.05, 0.1) is 24.8 Å². The summed E-state index contributed by atoms with van der Waals surface area (Å²) >= 11 is 0. The number of hydrogen-bond acceptors (Lipinski definition) is 6. The fourth-order valence-corrected chi connectivity index (χ4v) is 5.01. The summed E-state index contributed by atoms with van der Waals surface area (Å²) < 4.78 is 11.6. The summed E-state index contributed by atoms with van der Waals surface area (Å²) in [4.78, 5) is 37.5. The molecule has 9 nitrogen and oxygen atoms in total. The molecule has 0 radical (unpaired) electrons. The van der Waals surface area contributed by atoms with Crippen LogP contribution in [0.5, 0.6) is 11.5 Å². The van der Waals surface area contributed by atoms with Crippen LogP contribution in [0.1, 0.15) is 67.9 Å². The number of fused-ring (bicyclic) bond motifs is 1. The molecule has 0 saturated heterocycles. The number of carbonyl (C=O) groups is 2. The number of aromatic amines is 1. The van der Waals surface area contributed by atoms with Gasteiger partial charge in [-0.1, -0.05) is 6.92 Å². The minimum absolute atomic E-state index is 0.0637. The highest BCUT2D eigenvalue weighted by Crippen LogP contribution is 2.38. The first-order valence-corrected chi connectivity index (χ1v) is 13.2. The number of H-pyrrole nitrogens is 1. The second-order valence-electron chi connectivity index (χ2n) is 10.1. The molecule has 2 amide bonds. The van der Waals surface area contributed by atoms with Crippen molar-refractivity contribution in [2.75, 3.05) is 13.7 Å². The Kier molecular flexibility index (Phi) is 7.30. The highest BCUT2D eigenvalue weighted by Gasteiger charge is 2.27. The van der Waals surface area contributed by atoms with Gasteiger partial charge in [-0.25, -0.2) is 9.97 Å². The van der Waals surface area contributed by atoms with Crippen LogP contribution < -0.4 is 20.1 Å². The average Bonchev–Trinajstić information content (AvgIpc) is 3.67. The Hall–Kier alpha value is -3.62. The van der Waals surface area contributed by atoms with Gasteiger partial charge in [-0.05, 0) is 69.6 Å². The fourth-order valence-electron chi connectivity index (χ4n) is 5.01. The van der Waals surface area contributed by atoms with E-state index in [1.807, 2.05) is 32.0 Å². The third-order valence-electron chi connectivity index (χ3n) is 7.36. The number of carbonyl (C=O) groups excluding carboxylic acids is 2. The lowest BCUT2D eigenvalue weighted by atomic mass is 9.91. The molecular weight excluding hydrogens is 470 g/mol. The lowest BCUT2D eigenvalue weighted by Crippen LogP contribution is -2.43. The maximum atomic E-state index is 13.4. The summed E-state index contributed by atoms with van der Waals surface area (Å²) in [6.45, 7) is 4.42. The van der Waals surface area contributed by atoms with Crippen molar-refractivity contribution >= 4 is 22.8 Å². The second kappa shape index (κ2) is 10.8. The van der Waals surface area contributed by atoms with Crippen LogP contribution in [-0.4, -0.2) is 52.6 Å². The van der Waals surface area contributed by atoms with Gasteiger partial charge in [-0.3, -0.25) is 9.59 Å². The number of amides is 2. The van der Waals surface area contributed by atoms with Gasteiger partial charge in [0.15, 0.2) is 0 Å². The van der Waals surface area contributed by atoms with E-state index >= 15 is 0 Å². The van der Waals surface area contributed by atoms with Crippen LogP contribution >= 0.6 is 0 Å². The summed E-state index contributed by atoms with van der Waals surface area (Å²) in [5.41, 5.74) is 4.02. The first-order valence-electron chi connectivity index (χ1n) is 13.2. The van der Waals surface area contributed by atoms with Gasteiger partial charge in [0.1, 0.15) is 29.0 Å². The second-order valence-corrected chi connectivity index (χ2v) is 10.1. The number of rotatable bonds is 9. The molecule has 0 atom stereocenters. The lowest BCUT2D eigenvalue weighted by Gasteiger charge is -2.29. The summed E-state index contributed by atoms with van der Waals surface area (Å²) in [5.74, 6) is 1.98. The van der Waals surface area contributed by atoms with Crippen molar-refractivity contribution in [1.82, 2.24) is 25.6 Å². The van der Waals surface area contributed by atoms with Gasteiger partial charge in [-0.2, -0.15) is 0 Å². The highest BCUT2D eigenvalue weighted by molar-refractivity contribution is 6.09. The minimum atomic E-state index is -0.148. The molecule has 2 aliphatic rings. The van der Waals surface area contributed by atoms with Crippen LogP contribution in [0.4, 0.5) is 0 Å². The zero-order chi connectivity index (χ0) is 25.9. The van der Waals surface area contributed by atoms with Crippen LogP contribution in [0, 0.1) is 12.8 Å². The predicted molar refractivity (Wildman–Crippen MR) is 141 cm³/mol. The molecular formula is C28H35N5O4. The normalized spacial score (nSPS) is 19.4. The number of methoxy groups -OCH3 is 1. The topological polar surface area (TPSA) is 118 Å². The van der Waals surface area contributed by atoms with Crippen LogP contribution in [0.3, 0.4) is 0 Å². The van der Waals surface area contributed by atoms with Gasteiger partial charge in [0.2, 0.25) is 5.91 Å². The zero-order valence-electron chi connectivity index (χ0n) is 21.7. The number of aromatic nitrogens is 3. The number of nitrogens with one attached hydrogen (secondary N) is 3. The third-order valence-corrected chi connectivity index (χ3v) is 7.36. The molecule has 2 aliphatic carbocycles. The Labute approximate surface area is 216 Å². The quantitative estimate of drug-likeness (QED) is 0.399. The smallest absolute Gasteiger partial charge is 0.255 e. The van der Waals surface area contributed by atoms with E-state index < -0.39 is 0 Å². The molecule has 2 fully saturated rings. The first kappa shape index (κ1) is 25.0. The van der Waals surface area contributed by atoms with E-state index in [1.54, 1.807) is 7.11 Å². The van der Waals surface area contributed by atoms with E-state index in [1.165, 1.54) is 19.2 Å². The van der Waals surface area contributed by atoms with Crippen molar-refractivity contribution in [1.29, 1.82) is 0 Å². The number of benzene rings is 1. The molecule has 0 bridgehead atoms.